The highest BCUT2D eigenvalue weighted by molar-refractivity contribution is 7.98. The van der Waals surface area contributed by atoms with Crippen LogP contribution in [0.15, 0.2) is 95.9 Å². The Bertz CT molecular complexity index is 1040. The maximum Gasteiger partial charge on any atom is 0.264 e. The van der Waals surface area contributed by atoms with Crippen LogP contribution in [0.25, 0.3) is 0 Å². The Kier molecular flexibility index (Phi) is 8.55. The van der Waals surface area contributed by atoms with E-state index in [0.717, 1.165) is 22.2 Å². The third kappa shape index (κ3) is 6.87. The number of sulfonamides is 1. The lowest BCUT2D eigenvalue weighted by Crippen LogP contribution is -2.41. The molecule has 1 N–H and O–H groups in total. The number of carbonyl (C=O) groups is 1. The van der Waals surface area contributed by atoms with Crippen LogP contribution < -0.4 is 9.62 Å². The van der Waals surface area contributed by atoms with Gasteiger partial charge in [-0.2, -0.15) is 11.8 Å². The van der Waals surface area contributed by atoms with E-state index in [9.17, 15) is 13.2 Å². The van der Waals surface area contributed by atoms with Crippen LogP contribution >= 0.6 is 11.8 Å². The van der Waals surface area contributed by atoms with Crippen molar-refractivity contribution in [3.8, 4) is 0 Å². The van der Waals surface area contributed by atoms with E-state index in [-0.39, 0.29) is 17.3 Å². The fraction of sp³-hybridized carbons (Fsp3) is 0.208. The SMILES string of the molecule is O=C(CN(c1ccccc1)S(=O)(=O)c1ccccc1)NCCCSCc1ccccc1. The van der Waals surface area contributed by atoms with Gasteiger partial charge in [0.25, 0.3) is 10.0 Å². The van der Waals surface area contributed by atoms with Gasteiger partial charge in [0.2, 0.25) is 5.91 Å². The minimum absolute atomic E-state index is 0.156. The Morgan fingerprint density at radius 3 is 2.06 bits per heavy atom. The number of amides is 1. The lowest BCUT2D eigenvalue weighted by molar-refractivity contribution is -0.119. The molecule has 1 amide bonds. The summed E-state index contributed by atoms with van der Waals surface area (Å²) in [5.41, 5.74) is 1.74. The van der Waals surface area contributed by atoms with Crippen LogP contribution in [-0.4, -0.2) is 33.2 Å². The molecule has 3 aromatic rings. The number of rotatable bonds is 11. The van der Waals surface area contributed by atoms with Crippen LogP contribution in [0.4, 0.5) is 5.69 Å². The Morgan fingerprint density at radius 1 is 0.839 bits per heavy atom. The second kappa shape index (κ2) is 11.6. The van der Waals surface area contributed by atoms with Crippen LogP contribution in [-0.2, 0) is 20.6 Å². The van der Waals surface area contributed by atoms with Gasteiger partial charge in [-0.05, 0) is 42.0 Å². The molecule has 0 aliphatic rings. The highest BCUT2D eigenvalue weighted by Crippen LogP contribution is 2.23. The summed E-state index contributed by atoms with van der Waals surface area (Å²) >= 11 is 1.81. The molecular formula is C24H26N2O3S2. The normalized spacial score (nSPS) is 11.1. The molecule has 0 fully saturated rings. The van der Waals surface area contributed by atoms with Gasteiger partial charge in [-0.15, -0.1) is 0 Å². The molecule has 162 valence electrons. The summed E-state index contributed by atoms with van der Waals surface area (Å²) in [7, 11) is -3.85. The molecule has 3 rings (SSSR count). The molecule has 0 saturated heterocycles. The van der Waals surface area contributed by atoms with Crippen LogP contribution in [0.5, 0.6) is 0 Å². The highest BCUT2D eigenvalue weighted by Gasteiger charge is 2.26. The third-order valence-electron chi connectivity index (χ3n) is 4.56. The van der Waals surface area contributed by atoms with Crippen molar-refractivity contribution in [3.63, 3.8) is 0 Å². The molecule has 0 bridgehead atoms. The van der Waals surface area contributed by atoms with E-state index in [1.54, 1.807) is 42.5 Å². The molecule has 0 atom stereocenters. The molecule has 0 aliphatic carbocycles. The number of carbonyl (C=O) groups excluding carboxylic acids is 1. The van der Waals surface area contributed by atoms with E-state index in [1.807, 2.05) is 36.0 Å². The summed E-state index contributed by atoms with van der Waals surface area (Å²) in [6, 6.07) is 27.1. The molecule has 3 aromatic carbocycles. The van der Waals surface area contributed by atoms with Gasteiger partial charge >= 0.3 is 0 Å². The van der Waals surface area contributed by atoms with Gasteiger partial charge in [-0.3, -0.25) is 9.10 Å². The van der Waals surface area contributed by atoms with Crippen molar-refractivity contribution in [2.45, 2.75) is 17.1 Å². The van der Waals surface area contributed by atoms with E-state index in [1.165, 1.54) is 17.7 Å². The predicted octanol–water partition coefficient (Wildman–Crippen LogP) is 4.32. The minimum Gasteiger partial charge on any atom is -0.354 e. The molecule has 0 aromatic heterocycles. The smallest absolute Gasteiger partial charge is 0.264 e. The zero-order valence-electron chi connectivity index (χ0n) is 17.2. The average Bonchev–Trinajstić information content (AvgIpc) is 2.81. The molecule has 5 nitrogen and oxygen atoms in total. The van der Waals surface area contributed by atoms with Crippen LogP contribution in [0.2, 0.25) is 0 Å². The first-order chi connectivity index (χ1) is 15.1. The number of hydrogen-bond donors (Lipinski definition) is 1. The van der Waals surface area contributed by atoms with Crippen LogP contribution in [0.3, 0.4) is 0 Å². The maximum atomic E-state index is 13.2. The van der Waals surface area contributed by atoms with Crippen molar-refractivity contribution in [2.24, 2.45) is 0 Å². The molecule has 0 spiro atoms. The summed E-state index contributed by atoms with van der Waals surface area (Å²) in [4.78, 5) is 12.7. The van der Waals surface area contributed by atoms with E-state index in [4.69, 9.17) is 0 Å². The number of anilines is 1. The van der Waals surface area contributed by atoms with Crippen molar-refractivity contribution >= 4 is 33.4 Å². The predicted molar refractivity (Wildman–Crippen MR) is 128 cm³/mol. The largest absolute Gasteiger partial charge is 0.354 e. The molecule has 0 heterocycles. The standard InChI is InChI=1S/C24H26N2O3S2/c27-24(25-17-10-18-30-20-21-11-4-1-5-12-21)19-26(22-13-6-2-7-14-22)31(28,29)23-15-8-3-9-16-23/h1-9,11-16H,10,17-20H2,(H,25,27). The topological polar surface area (TPSA) is 66.5 Å². The van der Waals surface area contributed by atoms with Gasteiger partial charge in [0.05, 0.1) is 10.6 Å². The quantitative estimate of drug-likeness (QED) is 0.438. The zero-order chi connectivity index (χ0) is 21.9. The first kappa shape index (κ1) is 22.9. The second-order valence-electron chi connectivity index (χ2n) is 6.90. The van der Waals surface area contributed by atoms with E-state index in [2.05, 4.69) is 17.4 Å². The molecule has 31 heavy (non-hydrogen) atoms. The maximum absolute atomic E-state index is 13.2. The number of thioether (sulfide) groups is 1. The summed E-state index contributed by atoms with van der Waals surface area (Å²) in [5.74, 6) is 1.53. The lowest BCUT2D eigenvalue weighted by Gasteiger charge is -2.24. The average molecular weight is 455 g/mol. The minimum atomic E-state index is -3.85. The number of hydrogen-bond acceptors (Lipinski definition) is 4. The van der Waals surface area contributed by atoms with Crippen molar-refractivity contribution in [1.29, 1.82) is 0 Å². The molecule has 0 unspecified atom stereocenters. The third-order valence-corrected chi connectivity index (χ3v) is 7.46. The molecule has 7 heteroatoms. The van der Waals surface area contributed by atoms with E-state index in [0.29, 0.717) is 12.2 Å². The lowest BCUT2D eigenvalue weighted by atomic mass is 10.2. The Morgan fingerprint density at radius 2 is 1.42 bits per heavy atom. The van der Waals surface area contributed by atoms with Crippen molar-refractivity contribution in [3.05, 3.63) is 96.6 Å². The molecule has 0 radical (unpaired) electrons. The Balaban J connectivity index is 1.54. The number of para-hydroxylation sites is 1. The fourth-order valence-electron chi connectivity index (χ4n) is 2.98. The Labute approximate surface area is 188 Å². The second-order valence-corrected chi connectivity index (χ2v) is 9.87. The monoisotopic (exact) mass is 454 g/mol. The summed E-state index contributed by atoms with van der Waals surface area (Å²) < 4.78 is 27.5. The summed E-state index contributed by atoms with van der Waals surface area (Å²) in [6.45, 7) is 0.243. The zero-order valence-corrected chi connectivity index (χ0v) is 18.8. The van der Waals surface area contributed by atoms with Crippen LogP contribution in [0.1, 0.15) is 12.0 Å². The first-order valence-corrected chi connectivity index (χ1v) is 12.7. The number of nitrogens with zero attached hydrogens (tertiary/aromatic N) is 1. The molecule has 0 saturated carbocycles. The highest BCUT2D eigenvalue weighted by atomic mass is 32.2. The Hall–Kier alpha value is -2.77. The van der Waals surface area contributed by atoms with Gasteiger partial charge in [0.1, 0.15) is 6.54 Å². The van der Waals surface area contributed by atoms with Crippen molar-refractivity contribution < 1.29 is 13.2 Å². The van der Waals surface area contributed by atoms with Crippen molar-refractivity contribution in [2.75, 3.05) is 23.1 Å². The van der Waals surface area contributed by atoms with E-state index < -0.39 is 10.0 Å². The van der Waals surface area contributed by atoms with Gasteiger partial charge < -0.3 is 5.32 Å². The van der Waals surface area contributed by atoms with Gasteiger partial charge in [0.15, 0.2) is 0 Å². The van der Waals surface area contributed by atoms with E-state index >= 15 is 0 Å². The molecular weight excluding hydrogens is 428 g/mol. The molecule has 0 aliphatic heterocycles. The first-order valence-electron chi connectivity index (χ1n) is 10.1. The van der Waals surface area contributed by atoms with Gasteiger partial charge in [-0.25, -0.2) is 8.42 Å². The van der Waals surface area contributed by atoms with Crippen molar-refractivity contribution in [1.82, 2.24) is 5.32 Å². The van der Waals surface area contributed by atoms with Gasteiger partial charge in [-0.1, -0.05) is 66.7 Å². The fourth-order valence-corrected chi connectivity index (χ4v) is 5.34. The number of benzene rings is 3. The summed E-state index contributed by atoms with van der Waals surface area (Å²) in [6.07, 6.45) is 0.819. The summed E-state index contributed by atoms with van der Waals surface area (Å²) in [5, 5.41) is 2.85. The van der Waals surface area contributed by atoms with Crippen LogP contribution in [0, 0.1) is 0 Å². The van der Waals surface area contributed by atoms with Gasteiger partial charge in [0, 0.05) is 12.3 Å². The number of nitrogens with one attached hydrogen (secondary N) is 1.